The number of likely N-dealkylation sites (tertiary alicyclic amines) is 2. The van der Waals surface area contributed by atoms with Gasteiger partial charge in [0.2, 0.25) is 0 Å². The molecule has 47 heavy (non-hydrogen) atoms. The zero-order chi connectivity index (χ0) is 33.2. The van der Waals surface area contributed by atoms with Crippen molar-refractivity contribution in [2.75, 3.05) is 52.4 Å². The molecule has 4 aliphatic rings. The first-order chi connectivity index (χ1) is 22.7. The maximum atomic E-state index is 12.8. The van der Waals surface area contributed by atoms with Crippen molar-refractivity contribution in [2.24, 2.45) is 0 Å². The van der Waals surface area contributed by atoms with E-state index in [1.165, 1.54) is 41.7 Å². The molecular weight excluding hydrogens is 629 g/mol. The van der Waals surface area contributed by atoms with Crippen molar-refractivity contribution in [1.29, 1.82) is 0 Å². The average molecular weight is 681 g/mol. The van der Waals surface area contributed by atoms with Gasteiger partial charge < -0.3 is 24.8 Å². The van der Waals surface area contributed by atoms with Crippen LogP contribution >= 0.6 is 22.7 Å². The fraction of sp³-hybridized carbons (Fsp3) is 0.595. The van der Waals surface area contributed by atoms with Gasteiger partial charge in [0, 0.05) is 66.3 Å². The summed E-state index contributed by atoms with van der Waals surface area (Å²) in [6.07, 6.45) is 15.4. The monoisotopic (exact) mass is 680 g/mol. The van der Waals surface area contributed by atoms with Crippen molar-refractivity contribution in [1.82, 2.24) is 20.0 Å². The Morgan fingerprint density at radius 1 is 0.681 bits per heavy atom. The molecule has 3 amide bonds. The molecule has 8 nitrogen and oxygen atoms in total. The van der Waals surface area contributed by atoms with E-state index in [1.54, 1.807) is 27.6 Å². The lowest BCUT2D eigenvalue weighted by Crippen LogP contribution is -2.39. The molecule has 4 aliphatic heterocycles. The molecule has 0 atom stereocenters. The van der Waals surface area contributed by atoms with Crippen molar-refractivity contribution >= 4 is 51.7 Å². The highest BCUT2D eigenvalue weighted by Gasteiger charge is 2.25. The molecule has 0 bridgehead atoms. The van der Waals surface area contributed by atoms with E-state index in [0.29, 0.717) is 13.1 Å². The third-order valence-electron chi connectivity index (χ3n) is 9.04. The maximum Gasteiger partial charge on any atom is 0.410 e. The topological polar surface area (TPSA) is 82.2 Å². The summed E-state index contributed by atoms with van der Waals surface area (Å²) < 4.78 is 5.44. The summed E-state index contributed by atoms with van der Waals surface area (Å²) in [5, 5.41) is 7.33. The van der Waals surface area contributed by atoms with Crippen molar-refractivity contribution in [3.05, 3.63) is 55.9 Å². The number of thiophene rings is 2. The first kappa shape index (κ1) is 35.4. The van der Waals surface area contributed by atoms with Gasteiger partial charge in [-0.2, -0.15) is 0 Å². The predicted octanol–water partition coefficient (Wildman–Crippen LogP) is 7.93. The summed E-state index contributed by atoms with van der Waals surface area (Å²) in [7, 11) is 0. The number of hydrogen-bond acceptors (Lipinski definition) is 7. The van der Waals surface area contributed by atoms with Crippen LogP contribution < -0.4 is 5.32 Å². The number of ether oxygens (including phenoxy) is 1. The molecule has 1 N–H and O–H groups in total. The normalized spacial score (nSPS) is 19.4. The Morgan fingerprint density at radius 2 is 1.19 bits per heavy atom. The zero-order valence-electron chi connectivity index (χ0n) is 28.5. The Hall–Kier alpha value is -2.95. The number of rotatable bonds is 4. The van der Waals surface area contributed by atoms with Gasteiger partial charge in [-0.25, -0.2) is 4.79 Å². The smallest absolute Gasteiger partial charge is 0.410 e. The molecule has 0 saturated carbocycles. The number of nitrogens with one attached hydrogen (secondary N) is 1. The van der Waals surface area contributed by atoms with Gasteiger partial charge in [-0.05, 0) is 89.1 Å². The minimum Gasteiger partial charge on any atom is -0.444 e. The van der Waals surface area contributed by atoms with Crippen molar-refractivity contribution < 1.29 is 19.1 Å². The van der Waals surface area contributed by atoms with E-state index in [0.717, 1.165) is 93.8 Å². The number of carbonyl (C=O) groups excluding carboxylic acids is 3. The Kier molecular flexibility index (Phi) is 12.7. The van der Waals surface area contributed by atoms with Crippen molar-refractivity contribution in [3.63, 3.8) is 0 Å². The van der Waals surface area contributed by atoms with Crippen LogP contribution in [0.3, 0.4) is 0 Å². The lowest BCUT2D eigenvalue weighted by atomic mass is 10.1. The van der Waals surface area contributed by atoms with E-state index in [1.807, 2.05) is 47.4 Å². The van der Waals surface area contributed by atoms with Crippen LogP contribution in [-0.2, 0) is 4.74 Å². The van der Waals surface area contributed by atoms with Crippen LogP contribution in [0, 0.1) is 0 Å². The molecule has 2 aromatic rings. The quantitative estimate of drug-likeness (QED) is 0.355. The van der Waals surface area contributed by atoms with E-state index in [9.17, 15) is 14.4 Å². The van der Waals surface area contributed by atoms with Gasteiger partial charge in [-0.15, -0.1) is 22.7 Å². The minimum absolute atomic E-state index is 0.159. The molecule has 2 fully saturated rings. The van der Waals surface area contributed by atoms with Gasteiger partial charge in [0.25, 0.3) is 11.8 Å². The molecule has 6 heterocycles. The summed E-state index contributed by atoms with van der Waals surface area (Å²) in [6, 6.07) is 4.11. The standard InChI is InChI=1S/C21H30N2O3S.C16H22N2OS/c1-21(2,3)26-20(25)23-12-8-16(9-13-23)18-14-17(15-27-18)19(24)22-10-6-4-5-7-11-22;19-16(18-9-3-1-2-4-10-18)14-11-15(20-12-14)13-5-7-17-8-6-13/h8,14-15H,4-7,9-13H2,1-3H3;5,11-12,17H,1-4,6-10H2. The van der Waals surface area contributed by atoms with Crippen LogP contribution in [0.25, 0.3) is 11.1 Å². The van der Waals surface area contributed by atoms with Gasteiger partial charge in [-0.3, -0.25) is 9.59 Å². The Balaban J connectivity index is 0.000000193. The summed E-state index contributed by atoms with van der Waals surface area (Å²) in [4.78, 5) is 45.7. The molecule has 2 aromatic heterocycles. The highest BCUT2D eigenvalue weighted by molar-refractivity contribution is 7.11. The summed E-state index contributed by atoms with van der Waals surface area (Å²) in [6.45, 7) is 12.4. The van der Waals surface area contributed by atoms with Gasteiger partial charge in [0.15, 0.2) is 0 Å². The molecule has 2 saturated heterocycles. The lowest BCUT2D eigenvalue weighted by molar-refractivity contribution is 0.0270. The molecule has 0 radical (unpaired) electrons. The number of amides is 3. The fourth-order valence-corrected chi connectivity index (χ4v) is 8.29. The van der Waals surface area contributed by atoms with E-state index in [2.05, 4.69) is 23.5 Å². The predicted molar refractivity (Wildman–Crippen MR) is 193 cm³/mol. The van der Waals surface area contributed by atoms with E-state index < -0.39 is 5.60 Å². The van der Waals surface area contributed by atoms with Crippen molar-refractivity contribution in [3.8, 4) is 0 Å². The van der Waals surface area contributed by atoms with Gasteiger partial charge in [0.05, 0.1) is 11.1 Å². The third kappa shape index (κ3) is 10.3. The lowest BCUT2D eigenvalue weighted by Gasteiger charge is -2.29. The summed E-state index contributed by atoms with van der Waals surface area (Å²) in [5.41, 5.74) is 3.81. The van der Waals surface area contributed by atoms with Gasteiger partial charge in [-0.1, -0.05) is 37.8 Å². The highest BCUT2D eigenvalue weighted by atomic mass is 32.1. The Bertz CT molecular complexity index is 1420. The molecule has 6 rings (SSSR count). The molecule has 256 valence electrons. The summed E-state index contributed by atoms with van der Waals surface area (Å²) in [5.74, 6) is 0.384. The highest BCUT2D eigenvalue weighted by Crippen LogP contribution is 2.30. The van der Waals surface area contributed by atoms with E-state index in [-0.39, 0.29) is 17.9 Å². The molecule has 0 unspecified atom stereocenters. The largest absolute Gasteiger partial charge is 0.444 e. The second kappa shape index (κ2) is 16.9. The zero-order valence-corrected chi connectivity index (χ0v) is 30.1. The maximum absolute atomic E-state index is 12.8. The van der Waals surface area contributed by atoms with E-state index in [4.69, 9.17) is 4.74 Å². The Labute approximate surface area is 288 Å². The van der Waals surface area contributed by atoms with Crippen LogP contribution in [0.2, 0.25) is 0 Å². The number of nitrogens with zero attached hydrogens (tertiary/aromatic N) is 3. The molecular formula is C37H52N4O4S2. The molecule has 0 spiro atoms. The fourth-order valence-electron chi connectivity index (χ4n) is 6.38. The van der Waals surface area contributed by atoms with Crippen molar-refractivity contribution in [2.45, 2.75) is 90.6 Å². The van der Waals surface area contributed by atoms with Crippen LogP contribution in [0.15, 0.2) is 35.0 Å². The molecule has 0 aromatic carbocycles. The molecule has 10 heteroatoms. The summed E-state index contributed by atoms with van der Waals surface area (Å²) >= 11 is 3.33. The van der Waals surface area contributed by atoms with Crippen LogP contribution in [-0.4, -0.2) is 90.6 Å². The van der Waals surface area contributed by atoms with Gasteiger partial charge >= 0.3 is 6.09 Å². The van der Waals surface area contributed by atoms with E-state index >= 15 is 0 Å². The molecule has 0 aliphatic carbocycles. The number of hydrogen-bond donors (Lipinski definition) is 1. The second-order valence-electron chi connectivity index (χ2n) is 13.9. The second-order valence-corrected chi connectivity index (χ2v) is 15.7. The van der Waals surface area contributed by atoms with Crippen LogP contribution in [0.1, 0.15) is 115 Å². The minimum atomic E-state index is -0.475. The SMILES string of the molecule is CC(C)(C)OC(=O)N1CC=C(c2cc(C(=O)N3CCCCCC3)cs2)CC1.O=C(c1csc(C2=CCNCC2)c1)N1CCCCCC1. The van der Waals surface area contributed by atoms with Crippen LogP contribution in [0.5, 0.6) is 0 Å². The number of carbonyl (C=O) groups is 3. The first-order valence-electron chi connectivity index (χ1n) is 17.5. The van der Waals surface area contributed by atoms with Crippen LogP contribution in [0.4, 0.5) is 4.79 Å². The van der Waals surface area contributed by atoms with Gasteiger partial charge in [0.1, 0.15) is 5.60 Å². The average Bonchev–Trinajstić information content (AvgIpc) is 3.59. The first-order valence-corrected chi connectivity index (χ1v) is 19.3. The Morgan fingerprint density at radius 3 is 1.62 bits per heavy atom. The third-order valence-corrected chi connectivity index (χ3v) is 11.0.